The van der Waals surface area contributed by atoms with Gasteiger partial charge in [-0.15, -0.1) is 11.3 Å². The molecule has 1 amide bonds. The number of hydrogen-bond acceptors (Lipinski definition) is 4. The van der Waals surface area contributed by atoms with E-state index in [1.165, 1.54) is 11.3 Å². The van der Waals surface area contributed by atoms with Gasteiger partial charge in [0, 0.05) is 24.7 Å². The Morgan fingerprint density at radius 1 is 1.17 bits per heavy atom. The molecule has 4 nitrogen and oxygen atoms in total. The number of thiophene rings is 1. The predicted molar refractivity (Wildman–Crippen MR) is 96.5 cm³/mol. The van der Waals surface area contributed by atoms with Crippen molar-refractivity contribution in [3.8, 4) is 0 Å². The van der Waals surface area contributed by atoms with Gasteiger partial charge in [0.2, 0.25) is 5.78 Å². The molecule has 0 aliphatic carbocycles. The number of rotatable bonds is 3. The highest BCUT2D eigenvalue weighted by Gasteiger charge is 2.36. The van der Waals surface area contributed by atoms with Gasteiger partial charge in [0.05, 0.1) is 10.4 Å². The minimum atomic E-state index is -0.124. The number of carbonyl (C=O) groups is 2. The van der Waals surface area contributed by atoms with E-state index in [9.17, 15) is 9.59 Å². The van der Waals surface area contributed by atoms with Crippen molar-refractivity contribution in [1.29, 1.82) is 0 Å². The molecule has 24 heavy (non-hydrogen) atoms. The van der Waals surface area contributed by atoms with Crippen LogP contribution in [0.2, 0.25) is 0 Å². The number of nitrogens with two attached hydrogens (primary N) is 1. The molecule has 0 bridgehead atoms. The highest BCUT2D eigenvalue weighted by Crippen LogP contribution is 2.29. The first-order valence-corrected chi connectivity index (χ1v) is 9.00. The van der Waals surface area contributed by atoms with Crippen LogP contribution in [0.25, 0.3) is 0 Å². The van der Waals surface area contributed by atoms with Crippen LogP contribution in [0.1, 0.15) is 45.9 Å². The monoisotopic (exact) mass is 342 g/mol. The average molecular weight is 342 g/mol. The van der Waals surface area contributed by atoms with Crippen LogP contribution in [-0.4, -0.2) is 35.7 Å². The van der Waals surface area contributed by atoms with Crippen LogP contribution in [0.4, 0.5) is 0 Å². The van der Waals surface area contributed by atoms with Gasteiger partial charge >= 0.3 is 0 Å². The summed E-state index contributed by atoms with van der Waals surface area (Å²) >= 11 is 1.39. The van der Waals surface area contributed by atoms with Crippen LogP contribution in [0, 0.1) is 5.41 Å². The smallest absolute Gasteiger partial charge is 0.254 e. The van der Waals surface area contributed by atoms with E-state index < -0.39 is 0 Å². The maximum atomic E-state index is 13.0. The number of likely N-dealkylation sites (tertiary alicyclic amines) is 1. The lowest BCUT2D eigenvalue weighted by atomic mass is 9.79. The van der Waals surface area contributed by atoms with Gasteiger partial charge in [-0.25, -0.2) is 0 Å². The minimum Gasteiger partial charge on any atom is -0.338 e. The van der Waals surface area contributed by atoms with E-state index in [0.29, 0.717) is 29.1 Å². The summed E-state index contributed by atoms with van der Waals surface area (Å²) in [4.78, 5) is 28.2. The van der Waals surface area contributed by atoms with Gasteiger partial charge in [-0.1, -0.05) is 38.1 Å². The summed E-state index contributed by atoms with van der Waals surface area (Å²) in [6.45, 7) is 5.40. The predicted octanol–water partition coefficient (Wildman–Crippen LogP) is 3.18. The molecule has 3 rings (SSSR count). The molecule has 1 aromatic heterocycles. The van der Waals surface area contributed by atoms with Gasteiger partial charge in [-0.05, 0) is 29.3 Å². The zero-order chi connectivity index (χ0) is 17.3. The summed E-state index contributed by atoms with van der Waals surface area (Å²) in [5.41, 5.74) is 6.99. The summed E-state index contributed by atoms with van der Waals surface area (Å²) < 4.78 is 0. The van der Waals surface area contributed by atoms with Gasteiger partial charge in [-0.3, -0.25) is 9.59 Å². The molecular weight excluding hydrogens is 320 g/mol. The number of ketones is 1. The van der Waals surface area contributed by atoms with Gasteiger partial charge < -0.3 is 10.6 Å². The van der Waals surface area contributed by atoms with E-state index in [4.69, 9.17) is 5.73 Å². The molecule has 1 aliphatic rings. The Morgan fingerprint density at radius 2 is 1.88 bits per heavy atom. The molecule has 2 N–H and O–H groups in total. The van der Waals surface area contributed by atoms with Crippen LogP contribution >= 0.6 is 11.3 Å². The van der Waals surface area contributed by atoms with Gasteiger partial charge in [0.15, 0.2) is 0 Å². The SMILES string of the molecule is CC1(C)CN(C(=O)c2ccccc2C(=O)c2cccs2)CCC1N. The number of amides is 1. The van der Waals surface area contributed by atoms with Crippen molar-refractivity contribution >= 4 is 23.0 Å². The third-order valence-electron chi connectivity index (χ3n) is 4.75. The highest BCUT2D eigenvalue weighted by atomic mass is 32.1. The molecule has 1 unspecified atom stereocenters. The molecule has 126 valence electrons. The largest absolute Gasteiger partial charge is 0.338 e. The third kappa shape index (κ3) is 3.14. The average Bonchev–Trinajstić information content (AvgIpc) is 3.10. The van der Waals surface area contributed by atoms with Gasteiger partial charge in [-0.2, -0.15) is 0 Å². The molecule has 1 saturated heterocycles. The van der Waals surface area contributed by atoms with Crippen molar-refractivity contribution in [3.05, 3.63) is 57.8 Å². The molecular formula is C19H22N2O2S. The molecule has 0 spiro atoms. The normalized spacial score (nSPS) is 20.0. The molecule has 1 fully saturated rings. The number of hydrogen-bond donors (Lipinski definition) is 1. The first kappa shape index (κ1) is 16.9. The Balaban J connectivity index is 1.90. The van der Waals surface area contributed by atoms with Crippen molar-refractivity contribution in [3.63, 3.8) is 0 Å². The summed E-state index contributed by atoms with van der Waals surface area (Å²) in [7, 11) is 0. The third-order valence-corrected chi connectivity index (χ3v) is 5.62. The van der Waals surface area contributed by atoms with Crippen molar-refractivity contribution in [2.24, 2.45) is 11.1 Å². The second kappa shape index (κ2) is 6.49. The van der Waals surface area contributed by atoms with E-state index in [2.05, 4.69) is 13.8 Å². The fraction of sp³-hybridized carbons (Fsp3) is 0.368. The highest BCUT2D eigenvalue weighted by molar-refractivity contribution is 7.12. The lowest BCUT2D eigenvalue weighted by Crippen LogP contribution is -2.54. The van der Waals surface area contributed by atoms with Crippen molar-refractivity contribution in [2.75, 3.05) is 13.1 Å². The summed E-state index contributed by atoms with van der Waals surface area (Å²) in [6.07, 6.45) is 0.778. The Kier molecular flexibility index (Phi) is 4.56. The van der Waals surface area contributed by atoms with Crippen molar-refractivity contribution in [1.82, 2.24) is 4.90 Å². The molecule has 2 heterocycles. The summed E-state index contributed by atoms with van der Waals surface area (Å²) in [5, 5.41) is 1.87. The number of nitrogens with zero attached hydrogens (tertiary/aromatic N) is 1. The zero-order valence-corrected chi connectivity index (χ0v) is 14.8. The Labute approximate surface area is 146 Å². The fourth-order valence-electron chi connectivity index (χ4n) is 3.13. The molecule has 5 heteroatoms. The lowest BCUT2D eigenvalue weighted by Gasteiger charge is -2.42. The molecule has 0 radical (unpaired) electrons. The summed E-state index contributed by atoms with van der Waals surface area (Å²) in [5.74, 6) is -0.183. The standard InChI is InChI=1S/C19H22N2O2S/c1-19(2)12-21(10-9-16(19)20)18(23)14-7-4-3-6-13(14)17(22)15-8-5-11-24-15/h3-8,11,16H,9-10,12,20H2,1-2H3. The van der Waals surface area contributed by atoms with Crippen LogP contribution in [0.3, 0.4) is 0 Å². The van der Waals surface area contributed by atoms with E-state index in [-0.39, 0.29) is 23.1 Å². The zero-order valence-electron chi connectivity index (χ0n) is 14.0. The molecule has 1 atom stereocenters. The van der Waals surface area contributed by atoms with Gasteiger partial charge in [0.1, 0.15) is 0 Å². The first-order valence-electron chi connectivity index (χ1n) is 8.12. The van der Waals surface area contributed by atoms with E-state index in [1.807, 2.05) is 16.3 Å². The second-order valence-electron chi connectivity index (χ2n) is 6.96. The second-order valence-corrected chi connectivity index (χ2v) is 7.91. The number of piperidine rings is 1. The van der Waals surface area contributed by atoms with Gasteiger partial charge in [0.25, 0.3) is 5.91 Å². The molecule has 1 aromatic carbocycles. The van der Waals surface area contributed by atoms with Crippen molar-refractivity contribution < 1.29 is 9.59 Å². The van der Waals surface area contributed by atoms with Crippen molar-refractivity contribution in [2.45, 2.75) is 26.3 Å². The van der Waals surface area contributed by atoms with E-state index >= 15 is 0 Å². The Bertz CT molecular complexity index is 752. The van der Waals surface area contributed by atoms with E-state index in [1.54, 1.807) is 30.3 Å². The van der Waals surface area contributed by atoms with E-state index in [0.717, 1.165) is 6.42 Å². The fourth-order valence-corrected chi connectivity index (χ4v) is 3.80. The number of carbonyl (C=O) groups excluding carboxylic acids is 2. The van der Waals surface area contributed by atoms with Crippen LogP contribution in [0.5, 0.6) is 0 Å². The minimum absolute atomic E-state index is 0.0875. The lowest BCUT2D eigenvalue weighted by molar-refractivity contribution is 0.0531. The number of benzene rings is 1. The molecule has 0 saturated carbocycles. The molecule has 1 aliphatic heterocycles. The topological polar surface area (TPSA) is 63.4 Å². The Morgan fingerprint density at radius 3 is 2.50 bits per heavy atom. The quantitative estimate of drug-likeness (QED) is 0.872. The van der Waals surface area contributed by atoms with Crippen LogP contribution < -0.4 is 5.73 Å². The van der Waals surface area contributed by atoms with Crippen LogP contribution in [0.15, 0.2) is 41.8 Å². The maximum Gasteiger partial charge on any atom is 0.254 e. The summed E-state index contributed by atoms with van der Waals surface area (Å²) in [6, 6.07) is 10.8. The van der Waals surface area contributed by atoms with Crippen LogP contribution in [-0.2, 0) is 0 Å². The maximum absolute atomic E-state index is 13.0. The first-order chi connectivity index (χ1) is 11.4. The molecule has 2 aromatic rings. The Hall–Kier alpha value is -1.98.